The number of rotatable bonds is 4. The van der Waals surface area contributed by atoms with Gasteiger partial charge in [0.05, 0.1) is 0 Å². The second-order valence-corrected chi connectivity index (χ2v) is 20.3. The molecule has 196 valence electrons. The summed E-state index contributed by atoms with van der Waals surface area (Å²) in [6, 6.07) is 31.0. The van der Waals surface area contributed by atoms with Crippen LogP contribution in [0.2, 0.25) is 13.1 Å². The zero-order chi connectivity index (χ0) is 25.5. The molecule has 0 atom stereocenters. The Balaban J connectivity index is 0.000000224. The Hall–Kier alpha value is -1.26. The third-order valence-corrected chi connectivity index (χ3v) is 7.82. The topological polar surface area (TPSA) is 0 Å². The van der Waals surface area contributed by atoms with E-state index in [1.165, 1.54) is 53.6 Å². The van der Waals surface area contributed by atoms with Crippen LogP contribution in [0.15, 0.2) is 95.7 Å². The first-order chi connectivity index (χ1) is 17.5. The van der Waals surface area contributed by atoms with Crippen molar-refractivity contribution < 1.29 is 48.1 Å². The van der Waals surface area contributed by atoms with E-state index in [0.717, 1.165) is 12.8 Å². The molecular weight excluding hydrogens is 639 g/mol. The van der Waals surface area contributed by atoms with Crippen molar-refractivity contribution in [1.29, 1.82) is 0 Å². The average Bonchev–Trinajstić information content (AvgIpc) is 3.69. The van der Waals surface area contributed by atoms with Crippen molar-refractivity contribution in [2.24, 2.45) is 0 Å². The first-order valence-electron chi connectivity index (χ1n) is 12.5. The van der Waals surface area contributed by atoms with E-state index in [-0.39, 0.29) is 30.2 Å². The molecule has 6 heteroatoms. The number of fused-ring (bicyclic) bond motifs is 2. The second-order valence-electron chi connectivity index (χ2n) is 9.01. The van der Waals surface area contributed by atoms with E-state index >= 15 is 0 Å². The van der Waals surface area contributed by atoms with E-state index < -0.39 is 0 Å². The largest absolute Gasteiger partial charge is 1.00 e. The molecule has 0 unspecified atom stereocenters. The number of hydrogen-bond donors (Lipinski definition) is 0. The van der Waals surface area contributed by atoms with Crippen LogP contribution in [0.25, 0.3) is 42.4 Å². The van der Waals surface area contributed by atoms with Gasteiger partial charge in [-0.3, -0.25) is 0 Å². The van der Waals surface area contributed by atoms with E-state index in [2.05, 4.69) is 123 Å². The maximum atomic E-state index is 2.32. The Morgan fingerprint density at radius 1 is 0.658 bits per heavy atom. The SMILES string of the molecule is CCc1cc2c(-c3cccs3)cccc2[cH-]1.CCc1cc2c(-c3cccs3)cccc2[cH-]1.C[Si](C)=[Zr+2].[Cl-].[Cl-]. The van der Waals surface area contributed by atoms with Crippen molar-refractivity contribution in [2.45, 2.75) is 39.8 Å². The zero-order valence-corrected chi connectivity index (χ0v) is 28.8. The van der Waals surface area contributed by atoms with Crippen LogP contribution in [0, 0.1) is 0 Å². The summed E-state index contributed by atoms with van der Waals surface area (Å²) in [6.45, 7) is 9.03. The van der Waals surface area contributed by atoms with Gasteiger partial charge in [-0.15, -0.1) is 91.7 Å². The molecule has 0 bridgehead atoms. The van der Waals surface area contributed by atoms with Crippen LogP contribution >= 0.6 is 22.7 Å². The number of hydrogen-bond acceptors (Lipinski definition) is 2. The smallest absolute Gasteiger partial charge is 1.00 e. The fourth-order valence-electron chi connectivity index (χ4n) is 4.30. The minimum Gasteiger partial charge on any atom is -1.00 e. The van der Waals surface area contributed by atoms with Crippen LogP contribution in [0.1, 0.15) is 25.0 Å². The Bertz CT molecular complexity index is 1430. The molecule has 38 heavy (non-hydrogen) atoms. The molecule has 0 radical (unpaired) electrons. The van der Waals surface area contributed by atoms with Gasteiger partial charge in [-0.05, 0) is 35.7 Å². The van der Waals surface area contributed by atoms with Gasteiger partial charge in [-0.1, -0.05) is 49.2 Å². The monoisotopic (exact) mass is 668 g/mol. The average molecular weight is 671 g/mol. The van der Waals surface area contributed by atoms with Crippen molar-refractivity contribution in [2.75, 3.05) is 0 Å². The van der Waals surface area contributed by atoms with Gasteiger partial charge in [0.15, 0.2) is 0 Å². The third kappa shape index (κ3) is 8.37. The van der Waals surface area contributed by atoms with Crippen molar-refractivity contribution in [3.63, 3.8) is 0 Å². The molecule has 2 aromatic heterocycles. The number of halogens is 2. The summed E-state index contributed by atoms with van der Waals surface area (Å²) in [6.07, 6.45) is 2.22. The maximum absolute atomic E-state index is 2.32. The summed E-state index contributed by atoms with van der Waals surface area (Å²) in [5.41, 5.74) is 5.81. The van der Waals surface area contributed by atoms with Crippen LogP contribution in [0.4, 0.5) is 0 Å². The molecule has 6 rings (SSSR count). The molecule has 0 aliphatic carbocycles. The van der Waals surface area contributed by atoms with E-state index in [9.17, 15) is 0 Å². The fraction of sp³-hybridized carbons (Fsp3) is 0.188. The van der Waals surface area contributed by atoms with Gasteiger partial charge in [0.25, 0.3) is 0 Å². The van der Waals surface area contributed by atoms with Crippen LogP contribution in [0.5, 0.6) is 0 Å². The minimum atomic E-state index is 0. The normalized spacial score (nSPS) is 10.1. The van der Waals surface area contributed by atoms with Crippen LogP contribution in [-0.4, -0.2) is 5.43 Å². The number of aryl methyl sites for hydroxylation is 2. The van der Waals surface area contributed by atoms with E-state index in [1.54, 1.807) is 23.3 Å². The van der Waals surface area contributed by atoms with Crippen LogP contribution in [-0.2, 0) is 36.2 Å². The third-order valence-electron chi connectivity index (χ3n) is 6.01. The Morgan fingerprint density at radius 3 is 1.37 bits per heavy atom. The van der Waals surface area contributed by atoms with Crippen LogP contribution < -0.4 is 24.8 Å². The first kappa shape index (κ1) is 32.9. The molecule has 0 amide bonds. The molecule has 0 aliphatic rings. The minimum absolute atomic E-state index is 0. The van der Waals surface area contributed by atoms with Gasteiger partial charge in [-0.25, -0.2) is 0 Å². The van der Waals surface area contributed by atoms with E-state index in [4.69, 9.17) is 0 Å². The molecule has 0 N–H and O–H groups in total. The second kappa shape index (κ2) is 16.1. The molecule has 4 aromatic carbocycles. The van der Waals surface area contributed by atoms with Crippen molar-refractivity contribution in [3.8, 4) is 20.9 Å². The van der Waals surface area contributed by atoms with Gasteiger partial charge >= 0.3 is 41.9 Å². The predicted octanol–water partition coefficient (Wildman–Crippen LogP) is 4.49. The summed E-state index contributed by atoms with van der Waals surface area (Å²) in [7, 11) is 0. The number of thiophene rings is 2. The van der Waals surface area contributed by atoms with E-state index in [0.29, 0.717) is 0 Å². The standard InChI is InChI=1S/2C15H13S.C2H6Si.2ClH.Zr/c2*1-2-11-9-12-5-3-6-13(14(12)10-11)15-7-4-8-16-15;1-3-2;;;/h2*3-10H,2H2,1H3;1-2H3;2*1H;/q2*-1;;;;+2/p-2. The molecule has 0 aliphatic heterocycles. The quantitative estimate of drug-likeness (QED) is 0.192. The van der Waals surface area contributed by atoms with Crippen molar-refractivity contribution >= 4 is 49.7 Å². The van der Waals surface area contributed by atoms with Crippen LogP contribution in [0.3, 0.4) is 0 Å². The molecule has 0 fully saturated rings. The summed E-state index contributed by atoms with van der Waals surface area (Å²) < 4.78 is 0. The Morgan fingerprint density at radius 2 is 1.05 bits per heavy atom. The summed E-state index contributed by atoms with van der Waals surface area (Å²) in [4.78, 5) is 2.72. The molecule has 6 aromatic rings. The zero-order valence-electron chi connectivity index (χ0n) is 22.2. The van der Waals surface area contributed by atoms with Gasteiger partial charge in [0, 0.05) is 9.75 Å². The maximum Gasteiger partial charge on any atom is -1.00 e. The van der Waals surface area contributed by atoms with Gasteiger partial charge in [0.1, 0.15) is 0 Å². The Kier molecular flexibility index (Phi) is 14.0. The molecule has 0 spiro atoms. The van der Waals surface area contributed by atoms with Gasteiger partial charge < -0.3 is 24.8 Å². The predicted molar refractivity (Wildman–Crippen MR) is 162 cm³/mol. The number of benzene rings is 2. The molecule has 0 saturated heterocycles. The first-order valence-corrected chi connectivity index (χ1v) is 20.4. The van der Waals surface area contributed by atoms with Crippen molar-refractivity contribution in [1.82, 2.24) is 0 Å². The molecule has 0 nitrogen and oxygen atoms in total. The summed E-state index contributed by atoms with van der Waals surface area (Å²) >= 11 is 5.35. The summed E-state index contributed by atoms with van der Waals surface area (Å²) in [5.74, 6) is 0. The van der Waals surface area contributed by atoms with Crippen molar-refractivity contribution in [3.05, 3.63) is 107 Å². The van der Waals surface area contributed by atoms with Gasteiger partial charge in [0.2, 0.25) is 0 Å². The summed E-state index contributed by atoms with van der Waals surface area (Å²) in [5, 5.41) is 9.78. The van der Waals surface area contributed by atoms with Gasteiger partial charge in [-0.2, -0.15) is 12.1 Å². The Labute approximate surface area is 263 Å². The molecule has 0 saturated carbocycles. The van der Waals surface area contributed by atoms with E-state index in [1.807, 2.05) is 22.7 Å². The fourth-order valence-corrected chi connectivity index (χ4v) is 5.83. The molecule has 2 heterocycles. The molecular formula is C32H32Cl2S2SiZr-2.